The number of carbonyl (C=O) groups excluding carboxylic acids is 1. The number of rotatable bonds is 2. The average Bonchev–Trinajstić information content (AvgIpc) is 2.30. The summed E-state index contributed by atoms with van der Waals surface area (Å²) < 4.78 is 0. The highest BCUT2D eigenvalue weighted by atomic mass is 16.1. The van der Waals surface area contributed by atoms with Gasteiger partial charge in [0.15, 0.2) is 6.29 Å². The number of nitrogens with two attached hydrogens (primary N) is 1. The quantitative estimate of drug-likeness (QED) is 0.745. The van der Waals surface area contributed by atoms with Crippen molar-refractivity contribution >= 4 is 12.1 Å². The molecule has 0 spiro atoms. The summed E-state index contributed by atoms with van der Waals surface area (Å²) in [6, 6.07) is 5.23. The summed E-state index contributed by atoms with van der Waals surface area (Å²) in [6.07, 6.45) is 5.70. The van der Waals surface area contributed by atoms with Gasteiger partial charge >= 0.3 is 0 Å². The van der Waals surface area contributed by atoms with E-state index < -0.39 is 0 Å². The first-order valence-corrected chi connectivity index (χ1v) is 4.42. The van der Waals surface area contributed by atoms with Crippen LogP contribution in [0.15, 0.2) is 36.8 Å². The highest BCUT2D eigenvalue weighted by molar-refractivity contribution is 5.87. The average molecular weight is 199 g/mol. The second-order valence-corrected chi connectivity index (χ2v) is 3.06. The second-order valence-electron chi connectivity index (χ2n) is 3.06. The number of carbonyl (C=O) groups is 1. The number of aldehydes is 1. The van der Waals surface area contributed by atoms with Crippen LogP contribution in [0.25, 0.3) is 11.1 Å². The fourth-order valence-corrected chi connectivity index (χ4v) is 1.35. The van der Waals surface area contributed by atoms with Gasteiger partial charge in [-0.05, 0) is 12.1 Å². The molecule has 2 heterocycles. The van der Waals surface area contributed by atoms with Gasteiger partial charge in [-0.2, -0.15) is 0 Å². The number of anilines is 1. The molecule has 2 rings (SSSR count). The number of hydrogen-bond acceptors (Lipinski definition) is 4. The summed E-state index contributed by atoms with van der Waals surface area (Å²) in [5.74, 6) is 0.338. The van der Waals surface area contributed by atoms with Gasteiger partial charge in [-0.25, -0.2) is 4.98 Å². The van der Waals surface area contributed by atoms with Gasteiger partial charge < -0.3 is 5.73 Å². The van der Waals surface area contributed by atoms with Gasteiger partial charge in [-0.15, -0.1) is 0 Å². The molecular weight excluding hydrogens is 190 g/mol. The number of nitrogens with zero attached hydrogens (tertiary/aromatic N) is 2. The minimum Gasteiger partial charge on any atom is -0.384 e. The Morgan fingerprint density at radius 3 is 2.87 bits per heavy atom. The highest BCUT2D eigenvalue weighted by Gasteiger charge is 2.05. The third kappa shape index (κ3) is 1.83. The van der Waals surface area contributed by atoms with Crippen molar-refractivity contribution in [3.63, 3.8) is 0 Å². The van der Waals surface area contributed by atoms with E-state index in [1.807, 2.05) is 6.07 Å². The van der Waals surface area contributed by atoms with Crippen molar-refractivity contribution in [2.75, 3.05) is 5.73 Å². The monoisotopic (exact) mass is 199 g/mol. The lowest BCUT2D eigenvalue weighted by molar-refractivity contribution is 0.112. The molecule has 15 heavy (non-hydrogen) atoms. The number of nitrogen functional groups attached to an aromatic ring is 1. The molecule has 0 atom stereocenters. The third-order valence-electron chi connectivity index (χ3n) is 2.06. The van der Waals surface area contributed by atoms with Crippen molar-refractivity contribution < 1.29 is 4.79 Å². The topological polar surface area (TPSA) is 68.9 Å². The maximum atomic E-state index is 10.8. The van der Waals surface area contributed by atoms with Crippen LogP contribution in [0.3, 0.4) is 0 Å². The summed E-state index contributed by atoms with van der Waals surface area (Å²) in [6.45, 7) is 0. The molecule has 0 amide bonds. The first-order chi connectivity index (χ1) is 7.31. The summed E-state index contributed by atoms with van der Waals surface area (Å²) in [7, 11) is 0. The molecule has 0 aliphatic heterocycles. The van der Waals surface area contributed by atoms with Gasteiger partial charge in [0.1, 0.15) is 5.82 Å². The largest absolute Gasteiger partial charge is 0.384 e. The SMILES string of the molecule is Nc1cc(C=O)c(-c2cccnc2)cn1. The second kappa shape index (κ2) is 3.88. The Balaban J connectivity index is 2.58. The van der Waals surface area contributed by atoms with Gasteiger partial charge in [-0.3, -0.25) is 9.78 Å². The van der Waals surface area contributed by atoms with E-state index in [2.05, 4.69) is 9.97 Å². The molecule has 0 saturated carbocycles. The first-order valence-electron chi connectivity index (χ1n) is 4.42. The molecule has 0 saturated heterocycles. The van der Waals surface area contributed by atoms with E-state index in [1.54, 1.807) is 30.7 Å². The Bertz CT molecular complexity index is 482. The Kier molecular flexibility index (Phi) is 2.41. The predicted molar refractivity (Wildman–Crippen MR) is 57.3 cm³/mol. The Labute approximate surface area is 86.8 Å². The molecule has 2 N–H and O–H groups in total. The van der Waals surface area contributed by atoms with E-state index in [-0.39, 0.29) is 0 Å². The molecule has 2 aromatic rings. The summed E-state index contributed by atoms with van der Waals surface area (Å²) in [5, 5.41) is 0. The van der Waals surface area contributed by atoms with Crippen LogP contribution in [0.2, 0.25) is 0 Å². The van der Waals surface area contributed by atoms with E-state index in [4.69, 9.17) is 5.73 Å². The molecule has 4 nitrogen and oxygen atoms in total. The molecular formula is C11H9N3O. The van der Waals surface area contributed by atoms with Crippen molar-refractivity contribution in [3.05, 3.63) is 42.4 Å². The van der Waals surface area contributed by atoms with Crippen LogP contribution in [0.4, 0.5) is 5.82 Å². The zero-order valence-corrected chi connectivity index (χ0v) is 7.92. The maximum absolute atomic E-state index is 10.8. The van der Waals surface area contributed by atoms with E-state index in [0.29, 0.717) is 11.4 Å². The van der Waals surface area contributed by atoms with Gasteiger partial charge in [0, 0.05) is 35.3 Å². The maximum Gasteiger partial charge on any atom is 0.150 e. The van der Waals surface area contributed by atoms with Crippen molar-refractivity contribution in [3.8, 4) is 11.1 Å². The van der Waals surface area contributed by atoms with Gasteiger partial charge in [-0.1, -0.05) is 6.07 Å². The Morgan fingerprint density at radius 2 is 2.20 bits per heavy atom. The van der Waals surface area contributed by atoms with Crippen molar-refractivity contribution in [1.82, 2.24) is 9.97 Å². The van der Waals surface area contributed by atoms with E-state index >= 15 is 0 Å². The van der Waals surface area contributed by atoms with Crippen molar-refractivity contribution in [2.45, 2.75) is 0 Å². The molecule has 0 unspecified atom stereocenters. The molecule has 4 heteroatoms. The summed E-state index contributed by atoms with van der Waals surface area (Å²) in [4.78, 5) is 18.8. The fourth-order valence-electron chi connectivity index (χ4n) is 1.35. The molecule has 74 valence electrons. The highest BCUT2D eigenvalue weighted by Crippen LogP contribution is 2.21. The molecule has 0 aromatic carbocycles. The molecule has 0 fully saturated rings. The molecule has 2 aromatic heterocycles. The lowest BCUT2D eigenvalue weighted by Gasteiger charge is -2.04. The lowest BCUT2D eigenvalue weighted by Crippen LogP contribution is -1.95. The van der Waals surface area contributed by atoms with E-state index in [9.17, 15) is 4.79 Å². The normalized spacial score (nSPS) is 9.87. The van der Waals surface area contributed by atoms with Crippen LogP contribution in [-0.4, -0.2) is 16.3 Å². The Morgan fingerprint density at radius 1 is 1.33 bits per heavy atom. The molecule has 0 bridgehead atoms. The zero-order valence-electron chi connectivity index (χ0n) is 7.92. The van der Waals surface area contributed by atoms with Crippen LogP contribution in [0, 0.1) is 0 Å². The van der Waals surface area contributed by atoms with Gasteiger partial charge in [0.2, 0.25) is 0 Å². The van der Waals surface area contributed by atoms with Crippen LogP contribution >= 0.6 is 0 Å². The first kappa shape index (κ1) is 9.33. The van der Waals surface area contributed by atoms with Gasteiger partial charge in [0.05, 0.1) is 0 Å². The third-order valence-corrected chi connectivity index (χ3v) is 2.06. The molecule has 0 aliphatic rings. The minimum atomic E-state index is 0.338. The number of hydrogen-bond donors (Lipinski definition) is 1. The lowest BCUT2D eigenvalue weighted by atomic mass is 10.0. The standard InChI is InChI=1S/C11H9N3O/c12-11-4-9(7-15)10(6-14-11)8-2-1-3-13-5-8/h1-7H,(H2,12,14). The van der Waals surface area contributed by atoms with Gasteiger partial charge in [0.25, 0.3) is 0 Å². The van der Waals surface area contributed by atoms with E-state index in [0.717, 1.165) is 17.4 Å². The fraction of sp³-hybridized carbons (Fsp3) is 0. The van der Waals surface area contributed by atoms with Crippen LogP contribution < -0.4 is 5.73 Å². The number of aromatic nitrogens is 2. The molecule has 0 radical (unpaired) electrons. The molecule has 0 aliphatic carbocycles. The van der Waals surface area contributed by atoms with Crippen molar-refractivity contribution in [1.29, 1.82) is 0 Å². The van der Waals surface area contributed by atoms with Crippen LogP contribution in [0.1, 0.15) is 10.4 Å². The Hall–Kier alpha value is -2.23. The van der Waals surface area contributed by atoms with Crippen LogP contribution in [-0.2, 0) is 0 Å². The van der Waals surface area contributed by atoms with Crippen LogP contribution in [0.5, 0.6) is 0 Å². The zero-order chi connectivity index (χ0) is 10.7. The minimum absolute atomic E-state index is 0.338. The summed E-state index contributed by atoms with van der Waals surface area (Å²) >= 11 is 0. The smallest absolute Gasteiger partial charge is 0.150 e. The predicted octanol–water partition coefficient (Wildman–Crippen LogP) is 1.54. The number of pyridine rings is 2. The van der Waals surface area contributed by atoms with Crippen molar-refractivity contribution in [2.24, 2.45) is 0 Å². The summed E-state index contributed by atoms with van der Waals surface area (Å²) in [5.41, 5.74) is 7.62. The van der Waals surface area contributed by atoms with E-state index in [1.165, 1.54) is 0 Å².